The number of fused-ring (bicyclic) bond motifs is 1. The van der Waals surface area contributed by atoms with Crippen LogP contribution in [0.15, 0.2) is 61.9 Å². The third-order valence-electron chi connectivity index (χ3n) is 6.30. The molecule has 2 aliphatic rings. The Kier molecular flexibility index (Phi) is 7.53. The van der Waals surface area contributed by atoms with Gasteiger partial charge in [0.1, 0.15) is 11.5 Å². The van der Waals surface area contributed by atoms with Gasteiger partial charge < -0.3 is 23.5 Å². The van der Waals surface area contributed by atoms with Gasteiger partial charge in [0, 0.05) is 25.2 Å². The van der Waals surface area contributed by atoms with Crippen molar-refractivity contribution in [3.63, 3.8) is 0 Å². The number of carbonyl (C=O) groups is 1. The molecule has 0 N–H and O–H groups in total. The van der Waals surface area contributed by atoms with Gasteiger partial charge in [-0.15, -0.1) is 0 Å². The summed E-state index contributed by atoms with van der Waals surface area (Å²) >= 11 is 1.27. The number of carbonyl (C=O) groups excluding carboxylic acids is 1. The van der Waals surface area contributed by atoms with Crippen LogP contribution in [0.3, 0.4) is 0 Å². The molecule has 0 radical (unpaired) electrons. The van der Waals surface area contributed by atoms with E-state index in [2.05, 4.69) is 9.89 Å². The van der Waals surface area contributed by atoms with E-state index in [9.17, 15) is 9.59 Å². The van der Waals surface area contributed by atoms with Crippen molar-refractivity contribution in [1.29, 1.82) is 0 Å². The molecule has 2 aliphatic heterocycles. The Morgan fingerprint density at radius 3 is 2.61 bits per heavy atom. The molecular formula is C28H31N3O6S. The second kappa shape index (κ2) is 11.0. The van der Waals surface area contributed by atoms with Crippen LogP contribution in [0.25, 0.3) is 6.08 Å². The highest BCUT2D eigenvalue weighted by molar-refractivity contribution is 7.07. The van der Waals surface area contributed by atoms with Gasteiger partial charge in [0.25, 0.3) is 5.56 Å². The molecule has 200 valence electrons. The van der Waals surface area contributed by atoms with Crippen molar-refractivity contribution in [3.05, 3.63) is 78.7 Å². The minimum absolute atomic E-state index is 0.251. The van der Waals surface area contributed by atoms with E-state index in [0.29, 0.717) is 51.9 Å². The van der Waals surface area contributed by atoms with Crippen LogP contribution in [0.5, 0.6) is 5.75 Å². The molecule has 1 atom stereocenters. The van der Waals surface area contributed by atoms with E-state index in [0.717, 1.165) is 24.5 Å². The quantitative estimate of drug-likeness (QED) is 0.428. The van der Waals surface area contributed by atoms with Crippen LogP contribution in [0, 0.1) is 0 Å². The fraction of sp³-hybridized carbons (Fsp3) is 0.393. The maximum Gasteiger partial charge on any atom is 0.338 e. The fourth-order valence-electron chi connectivity index (χ4n) is 4.59. The van der Waals surface area contributed by atoms with Gasteiger partial charge in [-0.25, -0.2) is 9.79 Å². The van der Waals surface area contributed by atoms with Crippen molar-refractivity contribution in [2.24, 2.45) is 4.99 Å². The monoisotopic (exact) mass is 537 g/mol. The van der Waals surface area contributed by atoms with Crippen molar-refractivity contribution in [3.8, 4) is 5.75 Å². The van der Waals surface area contributed by atoms with E-state index in [1.165, 1.54) is 11.3 Å². The lowest BCUT2D eigenvalue weighted by Gasteiger charge is -2.26. The Morgan fingerprint density at radius 2 is 1.92 bits per heavy atom. The number of morpholine rings is 1. The highest BCUT2D eigenvalue weighted by Gasteiger charge is 2.33. The van der Waals surface area contributed by atoms with E-state index in [1.807, 2.05) is 43.3 Å². The predicted molar refractivity (Wildman–Crippen MR) is 144 cm³/mol. The van der Waals surface area contributed by atoms with Gasteiger partial charge in [-0.3, -0.25) is 9.36 Å². The summed E-state index contributed by atoms with van der Waals surface area (Å²) in [6.45, 7) is 10.6. The highest BCUT2D eigenvalue weighted by atomic mass is 32.1. The van der Waals surface area contributed by atoms with E-state index in [1.54, 1.807) is 31.4 Å². The van der Waals surface area contributed by atoms with Crippen molar-refractivity contribution in [2.45, 2.75) is 39.8 Å². The normalized spacial score (nSPS) is 18.0. The molecular weight excluding hydrogens is 506 g/mol. The van der Waals surface area contributed by atoms with E-state index >= 15 is 0 Å². The lowest BCUT2D eigenvalue weighted by atomic mass is 9.96. The van der Waals surface area contributed by atoms with Crippen LogP contribution >= 0.6 is 11.3 Å². The molecule has 1 fully saturated rings. The third kappa shape index (κ3) is 5.19. The summed E-state index contributed by atoms with van der Waals surface area (Å²) in [5, 5.41) is 0. The molecule has 0 unspecified atom stereocenters. The first-order valence-corrected chi connectivity index (χ1v) is 13.6. The largest absolute Gasteiger partial charge is 0.494 e. The maximum atomic E-state index is 13.8. The molecule has 0 spiro atoms. The number of benzene rings is 1. The number of aromatic nitrogens is 1. The first-order valence-electron chi connectivity index (χ1n) is 12.7. The van der Waals surface area contributed by atoms with Gasteiger partial charge in [0.05, 0.1) is 47.8 Å². The smallest absolute Gasteiger partial charge is 0.338 e. The molecule has 0 aliphatic carbocycles. The Labute approximate surface area is 224 Å². The molecule has 10 heteroatoms. The van der Waals surface area contributed by atoms with Crippen LogP contribution < -0.4 is 24.5 Å². The van der Waals surface area contributed by atoms with Crippen LogP contribution in [0.4, 0.5) is 5.88 Å². The molecule has 3 aromatic rings. The molecule has 5 rings (SSSR count). The summed E-state index contributed by atoms with van der Waals surface area (Å²) in [5.74, 6) is 1.54. The average molecular weight is 538 g/mol. The van der Waals surface area contributed by atoms with Gasteiger partial charge in [0.15, 0.2) is 10.7 Å². The molecule has 0 amide bonds. The molecule has 38 heavy (non-hydrogen) atoms. The number of rotatable bonds is 7. The van der Waals surface area contributed by atoms with Crippen molar-refractivity contribution in [1.82, 2.24) is 4.57 Å². The Hall–Kier alpha value is -3.63. The summed E-state index contributed by atoms with van der Waals surface area (Å²) in [5.41, 5.74) is 1.38. The molecule has 4 heterocycles. The Bertz CT molecular complexity index is 1520. The van der Waals surface area contributed by atoms with Crippen LogP contribution in [0.2, 0.25) is 0 Å². The Morgan fingerprint density at radius 1 is 1.18 bits per heavy atom. The minimum atomic E-state index is -0.684. The molecule has 1 aromatic carbocycles. The second-order valence-corrected chi connectivity index (χ2v) is 10.3. The lowest BCUT2D eigenvalue weighted by Crippen LogP contribution is -2.40. The molecule has 0 saturated carbocycles. The average Bonchev–Trinajstić information content (AvgIpc) is 3.48. The number of thiazole rings is 1. The molecule has 0 bridgehead atoms. The predicted octanol–water partition coefficient (Wildman–Crippen LogP) is 3.02. The summed E-state index contributed by atoms with van der Waals surface area (Å²) in [6.07, 6.45) is 1.42. The molecule has 9 nitrogen and oxygen atoms in total. The second-order valence-electron chi connectivity index (χ2n) is 9.31. The summed E-state index contributed by atoms with van der Waals surface area (Å²) in [6, 6.07) is 10.5. The fourth-order valence-corrected chi connectivity index (χ4v) is 5.62. The van der Waals surface area contributed by atoms with Gasteiger partial charge >= 0.3 is 5.97 Å². The zero-order chi connectivity index (χ0) is 26.8. The number of ether oxygens (including phenoxy) is 3. The van der Waals surface area contributed by atoms with Crippen LogP contribution in [-0.2, 0) is 14.3 Å². The van der Waals surface area contributed by atoms with Crippen molar-refractivity contribution >= 4 is 29.3 Å². The standard InChI is InChI=1S/C28H31N3O6S/c1-5-35-20-8-6-19(7-9-20)25-24(27(33)36-17(2)3)18(4)29-28-31(25)26(32)22(38-28)16-21-10-11-23(37-21)30-12-14-34-15-13-30/h6-11,16-17,25H,5,12-15H2,1-4H3/b22-16+/t25-/m1/s1. The van der Waals surface area contributed by atoms with E-state index < -0.39 is 12.0 Å². The van der Waals surface area contributed by atoms with Crippen LogP contribution in [0.1, 0.15) is 45.1 Å². The number of furan rings is 1. The minimum Gasteiger partial charge on any atom is -0.494 e. The number of anilines is 1. The van der Waals surface area contributed by atoms with E-state index in [4.69, 9.17) is 18.6 Å². The van der Waals surface area contributed by atoms with Gasteiger partial charge in [0.2, 0.25) is 0 Å². The zero-order valence-corrected chi connectivity index (χ0v) is 22.7. The summed E-state index contributed by atoms with van der Waals surface area (Å²) in [4.78, 5) is 34.3. The summed E-state index contributed by atoms with van der Waals surface area (Å²) < 4.78 is 24.6. The first kappa shape index (κ1) is 26.0. The first-order chi connectivity index (χ1) is 18.4. The van der Waals surface area contributed by atoms with Crippen molar-refractivity contribution < 1.29 is 23.4 Å². The SMILES string of the molecule is CCOc1ccc([C@@H]2C(C(=O)OC(C)C)=C(C)N=c3s/c(=C/c4ccc(N5CCOCC5)o4)c(=O)n32)cc1. The number of nitrogens with zero attached hydrogens (tertiary/aromatic N) is 3. The van der Waals surface area contributed by atoms with Gasteiger partial charge in [-0.1, -0.05) is 23.5 Å². The molecule has 2 aromatic heterocycles. The summed E-state index contributed by atoms with van der Waals surface area (Å²) in [7, 11) is 0. The number of esters is 1. The number of hydrogen-bond donors (Lipinski definition) is 0. The Balaban J connectivity index is 1.59. The zero-order valence-electron chi connectivity index (χ0n) is 21.9. The van der Waals surface area contributed by atoms with E-state index in [-0.39, 0.29) is 11.7 Å². The lowest BCUT2D eigenvalue weighted by molar-refractivity contribution is -0.143. The highest BCUT2D eigenvalue weighted by Crippen LogP contribution is 2.32. The number of hydrogen-bond acceptors (Lipinski definition) is 9. The maximum absolute atomic E-state index is 13.8. The topological polar surface area (TPSA) is 95.5 Å². The molecule has 1 saturated heterocycles. The third-order valence-corrected chi connectivity index (χ3v) is 7.28. The van der Waals surface area contributed by atoms with Gasteiger partial charge in [-0.2, -0.15) is 0 Å². The number of allylic oxidation sites excluding steroid dienone is 1. The van der Waals surface area contributed by atoms with Gasteiger partial charge in [-0.05, 0) is 51.5 Å². The van der Waals surface area contributed by atoms with Crippen molar-refractivity contribution in [2.75, 3.05) is 37.8 Å². The van der Waals surface area contributed by atoms with Crippen LogP contribution in [-0.4, -0.2) is 49.6 Å².